The highest BCUT2D eigenvalue weighted by molar-refractivity contribution is 7.89. The zero-order valence-electron chi connectivity index (χ0n) is 13.6. The van der Waals surface area contributed by atoms with E-state index in [1.54, 1.807) is 12.1 Å². The van der Waals surface area contributed by atoms with Crippen molar-refractivity contribution in [2.45, 2.75) is 24.7 Å². The van der Waals surface area contributed by atoms with Gasteiger partial charge in [-0.1, -0.05) is 25.5 Å². The summed E-state index contributed by atoms with van der Waals surface area (Å²) in [4.78, 5) is -0.0326. The van der Waals surface area contributed by atoms with Gasteiger partial charge >= 0.3 is 0 Å². The molecule has 132 valence electrons. The number of nitriles is 1. The monoisotopic (exact) mass is 371 g/mol. The van der Waals surface area contributed by atoms with Gasteiger partial charge in [0, 0.05) is 26.2 Å². The number of hydrogen-bond acceptors (Lipinski definition) is 5. The van der Waals surface area contributed by atoms with E-state index in [0.29, 0.717) is 6.42 Å². The predicted molar refractivity (Wildman–Crippen MR) is 90.2 cm³/mol. The van der Waals surface area contributed by atoms with Crippen LogP contribution < -0.4 is 0 Å². The molecule has 0 atom stereocenters. The third kappa shape index (κ3) is 3.95. The molecule has 0 aliphatic carbocycles. The maximum absolute atomic E-state index is 12.7. The largest absolute Gasteiger partial charge is 0.244 e. The van der Waals surface area contributed by atoms with Gasteiger partial charge in [-0.3, -0.25) is 0 Å². The lowest BCUT2D eigenvalue weighted by Crippen LogP contribution is -2.51. The molecule has 1 aromatic carbocycles. The first-order valence-corrected chi connectivity index (χ1v) is 10.8. The van der Waals surface area contributed by atoms with E-state index < -0.39 is 20.0 Å². The Morgan fingerprint density at radius 1 is 1.04 bits per heavy atom. The number of hydrogen-bond donors (Lipinski definition) is 0. The van der Waals surface area contributed by atoms with Crippen LogP contribution in [-0.4, -0.2) is 57.4 Å². The average molecular weight is 371 g/mol. The van der Waals surface area contributed by atoms with Crippen molar-refractivity contribution in [3.8, 4) is 6.07 Å². The first-order valence-electron chi connectivity index (χ1n) is 7.80. The van der Waals surface area contributed by atoms with Crippen LogP contribution in [0.3, 0.4) is 0 Å². The van der Waals surface area contributed by atoms with Crippen molar-refractivity contribution in [2.24, 2.45) is 0 Å². The normalized spacial score (nSPS) is 17.5. The first kappa shape index (κ1) is 18.9. The molecule has 24 heavy (non-hydrogen) atoms. The first-order chi connectivity index (χ1) is 11.3. The van der Waals surface area contributed by atoms with E-state index in [-0.39, 0.29) is 42.4 Å². The minimum Gasteiger partial charge on any atom is -0.212 e. The fourth-order valence-electron chi connectivity index (χ4n) is 2.57. The van der Waals surface area contributed by atoms with Crippen LogP contribution in [0.2, 0.25) is 0 Å². The zero-order valence-corrected chi connectivity index (χ0v) is 15.2. The van der Waals surface area contributed by atoms with E-state index in [9.17, 15) is 16.8 Å². The molecule has 1 aliphatic heterocycles. The van der Waals surface area contributed by atoms with Gasteiger partial charge < -0.3 is 0 Å². The summed E-state index contributed by atoms with van der Waals surface area (Å²) >= 11 is 0. The maximum atomic E-state index is 12.7. The third-order valence-corrected chi connectivity index (χ3v) is 7.89. The van der Waals surface area contributed by atoms with Gasteiger partial charge in [0.05, 0.1) is 16.2 Å². The Morgan fingerprint density at radius 3 is 2.21 bits per heavy atom. The minimum absolute atomic E-state index is 0.0326. The number of unbranched alkanes of at least 4 members (excludes halogenated alkanes) is 1. The second kappa shape index (κ2) is 7.61. The molecule has 0 N–H and O–H groups in total. The van der Waals surface area contributed by atoms with Crippen LogP contribution in [0.1, 0.15) is 25.3 Å². The zero-order chi connectivity index (χ0) is 17.8. The molecule has 1 aliphatic rings. The van der Waals surface area contributed by atoms with Crippen molar-refractivity contribution >= 4 is 20.0 Å². The van der Waals surface area contributed by atoms with Crippen LogP contribution in [-0.2, 0) is 20.0 Å². The van der Waals surface area contributed by atoms with Crippen LogP contribution in [0.5, 0.6) is 0 Å². The quantitative estimate of drug-likeness (QED) is 0.743. The second-order valence-electron chi connectivity index (χ2n) is 5.58. The van der Waals surface area contributed by atoms with E-state index in [1.807, 2.05) is 13.0 Å². The van der Waals surface area contributed by atoms with Crippen LogP contribution in [0.25, 0.3) is 0 Å². The van der Waals surface area contributed by atoms with E-state index >= 15 is 0 Å². The standard InChI is InChI=1S/C15H21N3O4S2/c1-2-3-12-23(19,20)17-8-10-18(11-9-17)24(21,22)15-7-5-4-6-14(15)13-16/h4-7H,2-3,8-12H2,1H3. The van der Waals surface area contributed by atoms with E-state index in [0.717, 1.165) is 6.42 Å². The van der Waals surface area contributed by atoms with Crippen LogP contribution in [0.4, 0.5) is 0 Å². The summed E-state index contributed by atoms with van der Waals surface area (Å²) < 4.78 is 52.4. The van der Waals surface area contributed by atoms with Crippen molar-refractivity contribution in [1.29, 1.82) is 5.26 Å². The Hall–Kier alpha value is -1.47. The van der Waals surface area contributed by atoms with Crippen LogP contribution in [0.15, 0.2) is 29.2 Å². The molecule has 1 saturated heterocycles. The number of benzene rings is 1. The van der Waals surface area contributed by atoms with Gasteiger partial charge in [0.15, 0.2) is 0 Å². The Balaban J connectivity index is 2.13. The van der Waals surface area contributed by atoms with Crippen molar-refractivity contribution in [3.63, 3.8) is 0 Å². The Bertz CT molecular complexity index is 821. The van der Waals surface area contributed by atoms with E-state index in [4.69, 9.17) is 5.26 Å². The van der Waals surface area contributed by atoms with Crippen molar-refractivity contribution in [1.82, 2.24) is 8.61 Å². The van der Waals surface area contributed by atoms with Gasteiger partial charge in [-0.2, -0.15) is 13.9 Å². The molecule has 0 saturated carbocycles. The lowest BCUT2D eigenvalue weighted by molar-refractivity contribution is 0.272. The third-order valence-electron chi connectivity index (χ3n) is 3.97. The lowest BCUT2D eigenvalue weighted by atomic mass is 10.2. The summed E-state index contributed by atoms with van der Waals surface area (Å²) in [7, 11) is -7.13. The molecule has 0 spiro atoms. The Morgan fingerprint density at radius 2 is 1.62 bits per heavy atom. The molecule has 9 heteroatoms. The molecule has 0 unspecified atom stereocenters. The van der Waals surface area contributed by atoms with Crippen molar-refractivity contribution < 1.29 is 16.8 Å². The molecular weight excluding hydrogens is 350 g/mol. The van der Waals surface area contributed by atoms with Crippen molar-refractivity contribution in [3.05, 3.63) is 29.8 Å². The summed E-state index contributed by atoms with van der Waals surface area (Å²) in [5.74, 6) is 0.0908. The summed E-state index contributed by atoms with van der Waals surface area (Å²) in [5.41, 5.74) is 0.0931. The molecule has 7 nitrogen and oxygen atoms in total. The number of sulfonamides is 2. The van der Waals surface area contributed by atoms with Crippen LogP contribution in [0, 0.1) is 11.3 Å². The van der Waals surface area contributed by atoms with Gasteiger partial charge in [0.25, 0.3) is 0 Å². The average Bonchev–Trinajstić information content (AvgIpc) is 2.60. The number of rotatable bonds is 6. The second-order valence-corrected chi connectivity index (χ2v) is 9.58. The SMILES string of the molecule is CCCCS(=O)(=O)N1CCN(S(=O)(=O)c2ccccc2C#N)CC1. The minimum atomic E-state index is -3.80. The highest BCUT2D eigenvalue weighted by atomic mass is 32.2. The summed E-state index contributed by atoms with van der Waals surface area (Å²) in [6.45, 7) is 2.38. The number of nitrogens with zero attached hydrogens (tertiary/aromatic N) is 3. The fourth-order valence-corrected chi connectivity index (χ4v) is 5.76. The van der Waals surface area contributed by atoms with Crippen molar-refractivity contribution in [2.75, 3.05) is 31.9 Å². The summed E-state index contributed by atoms with van der Waals surface area (Å²) in [5, 5.41) is 9.09. The van der Waals surface area contributed by atoms with E-state index in [2.05, 4.69) is 0 Å². The highest BCUT2D eigenvalue weighted by Gasteiger charge is 2.33. The van der Waals surface area contributed by atoms with Gasteiger partial charge in [0.1, 0.15) is 6.07 Å². The molecule has 1 heterocycles. The van der Waals surface area contributed by atoms with Gasteiger partial charge in [0.2, 0.25) is 20.0 Å². The summed E-state index contributed by atoms with van der Waals surface area (Å²) in [6, 6.07) is 7.92. The molecule has 0 bridgehead atoms. The fraction of sp³-hybridized carbons (Fsp3) is 0.533. The number of piperazine rings is 1. The van der Waals surface area contributed by atoms with Gasteiger partial charge in [-0.15, -0.1) is 0 Å². The van der Waals surface area contributed by atoms with Gasteiger partial charge in [-0.25, -0.2) is 16.8 Å². The molecule has 0 amide bonds. The molecule has 0 radical (unpaired) electrons. The molecule has 1 fully saturated rings. The Labute approximate surface area is 143 Å². The van der Waals surface area contributed by atoms with Gasteiger partial charge in [-0.05, 0) is 18.6 Å². The molecular formula is C15H21N3O4S2. The Kier molecular flexibility index (Phi) is 5.98. The molecule has 0 aromatic heterocycles. The smallest absolute Gasteiger partial charge is 0.212 e. The van der Waals surface area contributed by atoms with E-state index in [1.165, 1.54) is 20.7 Å². The highest BCUT2D eigenvalue weighted by Crippen LogP contribution is 2.22. The van der Waals surface area contributed by atoms with Crippen LogP contribution >= 0.6 is 0 Å². The molecule has 2 rings (SSSR count). The lowest BCUT2D eigenvalue weighted by Gasteiger charge is -2.33. The topological polar surface area (TPSA) is 98.6 Å². The maximum Gasteiger partial charge on any atom is 0.244 e. The molecule has 1 aromatic rings. The predicted octanol–water partition coefficient (Wildman–Crippen LogP) is 0.994. The summed E-state index contributed by atoms with van der Waals surface area (Å²) in [6.07, 6.45) is 1.38.